The smallest absolute Gasteiger partial charge is 0.310 e. The maximum Gasteiger partial charge on any atom is 0.310 e. The first-order valence-electron chi connectivity index (χ1n) is 8.77. The van der Waals surface area contributed by atoms with E-state index in [1.807, 2.05) is 0 Å². The van der Waals surface area contributed by atoms with E-state index in [2.05, 4.69) is 27.7 Å². The van der Waals surface area contributed by atoms with Gasteiger partial charge < -0.3 is 9.47 Å². The Kier molecular flexibility index (Phi) is 7.91. The first kappa shape index (κ1) is 19.0. The van der Waals surface area contributed by atoms with Crippen molar-refractivity contribution in [3.8, 4) is 0 Å². The predicted octanol–water partition coefficient (Wildman–Crippen LogP) is 4.12. The SMILES string of the molecule is CCCCOC(=O)C1CCCC(C)(C)C1C(=O)OCCCC. The Morgan fingerprint density at radius 2 is 1.55 bits per heavy atom. The average molecular weight is 312 g/mol. The number of carbonyl (C=O) groups excluding carboxylic acids is 2. The van der Waals surface area contributed by atoms with Gasteiger partial charge in [0, 0.05) is 0 Å². The minimum Gasteiger partial charge on any atom is -0.465 e. The second-order valence-corrected chi connectivity index (χ2v) is 7.01. The van der Waals surface area contributed by atoms with Crippen molar-refractivity contribution in [3.63, 3.8) is 0 Å². The lowest BCUT2D eigenvalue weighted by atomic mass is 9.63. The lowest BCUT2D eigenvalue weighted by molar-refractivity contribution is -0.169. The Morgan fingerprint density at radius 1 is 1.00 bits per heavy atom. The van der Waals surface area contributed by atoms with E-state index < -0.39 is 0 Å². The van der Waals surface area contributed by atoms with Crippen molar-refractivity contribution in [2.75, 3.05) is 13.2 Å². The topological polar surface area (TPSA) is 52.6 Å². The van der Waals surface area contributed by atoms with Gasteiger partial charge in [0.1, 0.15) is 0 Å². The molecule has 0 aromatic heterocycles. The second kappa shape index (κ2) is 9.16. The molecule has 1 aliphatic carbocycles. The van der Waals surface area contributed by atoms with Gasteiger partial charge in [-0.3, -0.25) is 9.59 Å². The molecule has 0 aromatic carbocycles. The molecule has 1 saturated carbocycles. The molecule has 1 fully saturated rings. The highest BCUT2D eigenvalue weighted by Crippen LogP contribution is 2.45. The van der Waals surface area contributed by atoms with Crippen molar-refractivity contribution in [1.82, 2.24) is 0 Å². The van der Waals surface area contributed by atoms with Crippen LogP contribution in [-0.2, 0) is 19.1 Å². The van der Waals surface area contributed by atoms with E-state index in [1.54, 1.807) is 0 Å². The van der Waals surface area contributed by atoms with Gasteiger partial charge in [0.15, 0.2) is 0 Å². The molecule has 0 bridgehead atoms. The van der Waals surface area contributed by atoms with E-state index in [4.69, 9.17) is 9.47 Å². The standard InChI is InChI=1S/C18H32O4/c1-5-7-12-21-16(19)14-10-9-11-18(3,4)15(14)17(20)22-13-8-6-2/h14-15H,5-13H2,1-4H3. The second-order valence-electron chi connectivity index (χ2n) is 7.01. The molecule has 22 heavy (non-hydrogen) atoms. The van der Waals surface area contributed by atoms with Gasteiger partial charge in [-0.05, 0) is 31.1 Å². The number of rotatable bonds is 8. The van der Waals surface area contributed by atoms with Crippen LogP contribution in [0.25, 0.3) is 0 Å². The van der Waals surface area contributed by atoms with E-state index >= 15 is 0 Å². The summed E-state index contributed by atoms with van der Waals surface area (Å²) in [5.74, 6) is -1.18. The van der Waals surface area contributed by atoms with Crippen LogP contribution in [0.1, 0.15) is 72.6 Å². The summed E-state index contributed by atoms with van der Waals surface area (Å²) < 4.78 is 10.8. The molecular formula is C18H32O4. The van der Waals surface area contributed by atoms with Crippen molar-refractivity contribution in [2.24, 2.45) is 17.3 Å². The summed E-state index contributed by atoms with van der Waals surface area (Å²) >= 11 is 0. The summed E-state index contributed by atoms with van der Waals surface area (Å²) in [5.41, 5.74) is -0.212. The van der Waals surface area contributed by atoms with E-state index in [1.165, 1.54) is 0 Å². The summed E-state index contributed by atoms with van der Waals surface area (Å²) in [7, 11) is 0. The molecule has 1 aliphatic rings. The number of hydrogen-bond donors (Lipinski definition) is 0. The number of unbranched alkanes of at least 4 members (excludes halogenated alkanes) is 2. The minimum atomic E-state index is -0.382. The summed E-state index contributed by atoms with van der Waals surface area (Å²) in [6, 6.07) is 0. The molecule has 4 heteroatoms. The normalized spacial score (nSPS) is 23.8. The lowest BCUT2D eigenvalue weighted by Gasteiger charge is -2.41. The van der Waals surface area contributed by atoms with Crippen LogP contribution in [0, 0.1) is 17.3 Å². The average Bonchev–Trinajstić information content (AvgIpc) is 2.46. The maximum atomic E-state index is 12.5. The van der Waals surface area contributed by atoms with Crippen LogP contribution in [-0.4, -0.2) is 25.2 Å². The third-order valence-electron chi connectivity index (χ3n) is 4.62. The van der Waals surface area contributed by atoms with Crippen LogP contribution in [0.3, 0.4) is 0 Å². The molecule has 4 nitrogen and oxygen atoms in total. The van der Waals surface area contributed by atoms with E-state index in [0.29, 0.717) is 13.2 Å². The van der Waals surface area contributed by atoms with Crippen molar-refractivity contribution >= 4 is 11.9 Å². The van der Waals surface area contributed by atoms with Crippen molar-refractivity contribution in [3.05, 3.63) is 0 Å². The van der Waals surface area contributed by atoms with Gasteiger partial charge in [-0.2, -0.15) is 0 Å². The molecule has 0 spiro atoms. The van der Waals surface area contributed by atoms with Gasteiger partial charge in [0.25, 0.3) is 0 Å². The van der Waals surface area contributed by atoms with Gasteiger partial charge in [0.05, 0.1) is 25.0 Å². The van der Waals surface area contributed by atoms with E-state index in [9.17, 15) is 9.59 Å². The fourth-order valence-corrected chi connectivity index (χ4v) is 3.21. The summed E-state index contributed by atoms with van der Waals surface area (Å²) in [6.07, 6.45) is 6.34. The Labute approximate surface area is 134 Å². The lowest BCUT2D eigenvalue weighted by Crippen LogP contribution is -2.45. The van der Waals surface area contributed by atoms with Crippen LogP contribution in [0.15, 0.2) is 0 Å². The molecule has 0 amide bonds. The number of hydrogen-bond acceptors (Lipinski definition) is 4. The molecule has 0 radical (unpaired) electrons. The molecule has 0 saturated heterocycles. The van der Waals surface area contributed by atoms with Gasteiger partial charge in [-0.25, -0.2) is 0 Å². The van der Waals surface area contributed by atoms with Crippen LogP contribution in [0.2, 0.25) is 0 Å². The van der Waals surface area contributed by atoms with Crippen LogP contribution in [0.5, 0.6) is 0 Å². The van der Waals surface area contributed by atoms with Gasteiger partial charge in [-0.1, -0.05) is 47.0 Å². The Bertz CT molecular complexity index is 362. The summed E-state index contributed by atoms with van der Waals surface area (Å²) in [6.45, 7) is 9.13. The van der Waals surface area contributed by atoms with E-state index in [0.717, 1.165) is 44.9 Å². The Hall–Kier alpha value is -1.06. The molecule has 0 heterocycles. The molecular weight excluding hydrogens is 280 g/mol. The monoisotopic (exact) mass is 312 g/mol. The van der Waals surface area contributed by atoms with Gasteiger partial charge >= 0.3 is 11.9 Å². The molecule has 1 rings (SSSR count). The Balaban J connectivity index is 2.74. The first-order chi connectivity index (χ1) is 10.4. The highest BCUT2D eigenvalue weighted by molar-refractivity contribution is 5.83. The Morgan fingerprint density at radius 3 is 2.09 bits per heavy atom. The van der Waals surface area contributed by atoms with Crippen molar-refractivity contribution in [2.45, 2.75) is 72.6 Å². The zero-order chi connectivity index (χ0) is 16.6. The van der Waals surface area contributed by atoms with Crippen LogP contribution >= 0.6 is 0 Å². The minimum absolute atomic E-state index is 0.212. The van der Waals surface area contributed by atoms with Crippen LogP contribution in [0.4, 0.5) is 0 Å². The fourth-order valence-electron chi connectivity index (χ4n) is 3.21. The van der Waals surface area contributed by atoms with Crippen molar-refractivity contribution in [1.29, 1.82) is 0 Å². The fraction of sp³-hybridized carbons (Fsp3) is 0.889. The third-order valence-corrected chi connectivity index (χ3v) is 4.62. The molecule has 2 unspecified atom stereocenters. The van der Waals surface area contributed by atoms with Gasteiger partial charge in [0.2, 0.25) is 0 Å². The highest BCUT2D eigenvalue weighted by atomic mass is 16.5. The van der Waals surface area contributed by atoms with Gasteiger partial charge in [-0.15, -0.1) is 0 Å². The number of carbonyl (C=O) groups is 2. The molecule has 0 N–H and O–H groups in total. The largest absolute Gasteiger partial charge is 0.465 e. The number of ether oxygens (including phenoxy) is 2. The molecule has 2 atom stereocenters. The molecule has 0 aromatic rings. The predicted molar refractivity (Wildman–Crippen MR) is 86.3 cm³/mol. The highest BCUT2D eigenvalue weighted by Gasteiger charge is 2.48. The van der Waals surface area contributed by atoms with E-state index in [-0.39, 0.29) is 29.2 Å². The molecule has 0 aliphatic heterocycles. The van der Waals surface area contributed by atoms with Crippen molar-refractivity contribution < 1.29 is 19.1 Å². The third kappa shape index (κ3) is 5.29. The van der Waals surface area contributed by atoms with Crippen LogP contribution < -0.4 is 0 Å². The summed E-state index contributed by atoms with van der Waals surface area (Å²) in [5, 5.41) is 0. The first-order valence-corrected chi connectivity index (χ1v) is 8.77. The molecule has 128 valence electrons. The number of esters is 2. The maximum absolute atomic E-state index is 12.5. The zero-order valence-corrected chi connectivity index (χ0v) is 14.7. The quantitative estimate of drug-likeness (QED) is 0.500. The summed E-state index contributed by atoms with van der Waals surface area (Å²) in [4.78, 5) is 24.9. The zero-order valence-electron chi connectivity index (χ0n) is 14.7.